The van der Waals surface area contributed by atoms with Crippen molar-refractivity contribution in [2.45, 2.75) is 25.3 Å². The minimum atomic E-state index is -0.240. The summed E-state index contributed by atoms with van der Waals surface area (Å²) in [6.07, 6.45) is 4.95. The van der Waals surface area contributed by atoms with Crippen molar-refractivity contribution in [1.82, 2.24) is 9.55 Å². The highest BCUT2D eigenvalue weighted by Crippen LogP contribution is 2.28. The first-order valence-electron chi connectivity index (χ1n) is 6.22. The van der Waals surface area contributed by atoms with E-state index >= 15 is 0 Å². The van der Waals surface area contributed by atoms with Crippen molar-refractivity contribution >= 4 is 0 Å². The summed E-state index contributed by atoms with van der Waals surface area (Å²) in [5, 5.41) is 9.36. The second kappa shape index (κ2) is 4.53. The van der Waals surface area contributed by atoms with E-state index in [0.717, 1.165) is 36.3 Å². The monoisotopic (exact) mass is 246 g/mol. The Morgan fingerprint density at radius 2 is 2.11 bits per heavy atom. The number of benzene rings is 1. The normalized spacial score (nSPS) is 18.7. The van der Waals surface area contributed by atoms with Gasteiger partial charge in [-0.2, -0.15) is 0 Å². The fourth-order valence-corrected chi connectivity index (χ4v) is 2.51. The zero-order valence-electron chi connectivity index (χ0n) is 10.0. The van der Waals surface area contributed by atoms with Gasteiger partial charge in [0.25, 0.3) is 0 Å². The standard InChI is InChI=1S/C14H15FN2O/c15-11-6-4-10(5-7-11)13-8-17-12(9-18)2-1-3-14(17)16-13/h4-8,12,18H,1-3,9H2. The minimum absolute atomic E-state index is 0.135. The summed E-state index contributed by atoms with van der Waals surface area (Å²) in [5.74, 6) is 0.774. The van der Waals surface area contributed by atoms with Crippen molar-refractivity contribution in [2.24, 2.45) is 0 Å². The van der Waals surface area contributed by atoms with Gasteiger partial charge in [-0.05, 0) is 37.1 Å². The highest BCUT2D eigenvalue weighted by Gasteiger charge is 2.21. The smallest absolute Gasteiger partial charge is 0.123 e. The van der Waals surface area contributed by atoms with Crippen LogP contribution in [0.2, 0.25) is 0 Å². The van der Waals surface area contributed by atoms with E-state index in [1.54, 1.807) is 12.1 Å². The molecule has 0 spiro atoms. The molecule has 0 fully saturated rings. The van der Waals surface area contributed by atoms with E-state index in [4.69, 9.17) is 0 Å². The zero-order chi connectivity index (χ0) is 12.5. The van der Waals surface area contributed by atoms with Gasteiger partial charge in [-0.25, -0.2) is 9.37 Å². The van der Waals surface area contributed by atoms with E-state index in [2.05, 4.69) is 9.55 Å². The molecule has 18 heavy (non-hydrogen) atoms. The average Bonchev–Trinajstić information content (AvgIpc) is 2.83. The predicted octanol–water partition coefficient (Wildman–Crippen LogP) is 2.56. The lowest BCUT2D eigenvalue weighted by Crippen LogP contribution is -2.20. The Bertz CT molecular complexity index is 547. The number of rotatable bonds is 2. The molecule has 1 aliphatic rings. The van der Waals surface area contributed by atoms with Crippen LogP contribution < -0.4 is 0 Å². The fourth-order valence-electron chi connectivity index (χ4n) is 2.51. The van der Waals surface area contributed by atoms with Gasteiger partial charge in [0.1, 0.15) is 11.6 Å². The van der Waals surface area contributed by atoms with E-state index in [0.29, 0.717) is 0 Å². The average molecular weight is 246 g/mol. The lowest BCUT2D eigenvalue weighted by Gasteiger charge is -2.22. The van der Waals surface area contributed by atoms with Gasteiger partial charge in [0.05, 0.1) is 18.3 Å². The van der Waals surface area contributed by atoms with Crippen LogP contribution in [0.1, 0.15) is 24.7 Å². The van der Waals surface area contributed by atoms with Gasteiger partial charge >= 0.3 is 0 Å². The molecule has 3 nitrogen and oxygen atoms in total. The molecule has 0 radical (unpaired) electrons. The van der Waals surface area contributed by atoms with Crippen LogP contribution in [0.5, 0.6) is 0 Å². The van der Waals surface area contributed by atoms with Crippen LogP contribution in [0.4, 0.5) is 4.39 Å². The number of hydrogen-bond donors (Lipinski definition) is 1. The Labute approximate surface area is 105 Å². The molecule has 1 unspecified atom stereocenters. The number of aliphatic hydroxyl groups is 1. The molecule has 1 atom stereocenters. The molecule has 1 aromatic heterocycles. The highest BCUT2D eigenvalue weighted by molar-refractivity contribution is 5.58. The molecule has 2 aromatic rings. The maximum absolute atomic E-state index is 12.9. The van der Waals surface area contributed by atoms with Gasteiger partial charge in [0.15, 0.2) is 0 Å². The molecule has 1 aliphatic heterocycles. The summed E-state index contributed by atoms with van der Waals surface area (Å²) >= 11 is 0. The molecule has 0 amide bonds. The van der Waals surface area contributed by atoms with Crippen molar-refractivity contribution in [3.63, 3.8) is 0 Å². The molecule has 4 heteroatoms. The van der Waals surface area contributed by atoms with Crippen molar-refractivity contribution < 1.29 is 9.50 Å². The fraction of sp³-hybridized carbons (Fsp3) is 0.357. The molecule has 0 aliphatic carbocycles. The third-order valence-corrected chi connectivity index (χ3v) is 3.49. The highest BCUT2D eigenvalue weighted by atomic mass is 19.1. The second-order valence-electron chi connectivity index (χ2n) is 4.69. The van der Waals surface area contributed by atoms with Gasteiger partial charge in [-0.15, -0.1) is 0 Å². The molecule has 1 aromatic carbocycles. The topological polar surface area (TPSA) is 38.1 Å². The Hall–Kier alpha value is -1.68. The summed E-state index contributed by atoms with van der Waals surface area (Å²) < 4.78 is 14.9. The summed E-state index contributed by atoms with van der Waals surface area (Å²) in [6.45, 7) is 0.145. The Kier molecular flexibility index (Phi) is 2.88. The first kappa shape index (κ1) is 11.4. The molecule has 3 rings (SSSR count). The first-order valence-corrected chi connectivity index (χ1v) is 6.22. The molecule has 2 heterocycles. The van der Waals surface area contributed by atoms with Crippen LogP contribution in [-0.2, 0) is 6.42 Å². The number of hydrogen-bond acceptors (Lipinski definition) is 2. The van der Waals surface area contributed by atoms with Crippen molar-refractivity contribution in [1.29, 1.82) is 0 Å². The van der Waals surface area contributed by atoms with E-state index in [-0.39, 0.29) is 18.5 Å². The van der Waals surface area contributed by atoms with E-state index in [1.165, 1.54) is 12.1 Å². The summed E-state index contributed by atoms with van der Waals surface area (Å²) in [6, 6.07) is 6.49. The number of halogens is 1. The summed E-state index contributed by atoms with van der Waals surface area (Å²) in [7, 11) is 0. The van der Waals surface area contributed by atoms with E-state index in [9.17, 15) is 9.50 Å². The maximum atomic E-state index is 12.9. The summed E-state index contributed by atoms with van der Waals surface area (Å²) in [5.41, 5.74) is 1.76. The number of aryl methyl sites for hydroxylation is 1. The van der Waals surface area contributed by atoms with E-state index < -0.39 is 0 Å². The van der Waals surface area contributed by atoms with Crippen LogP contribution in [0.15, 0.2) is 30.5 Å². The lowest BCUT2D eigenvalue weighted by atomic mass is 10.1. The number of fused-ring (bicyclic) bond motifs is 1. The third-order valence-electron chi connectivity index (χ3n) is 3.49. The third kappa shape index (κ3) is 1.93. The molecule has 0 saturated heterocycles. The van der Waals surface area contributed by atoms with Crippen LogP contribution in [0, 0.1) is 5.82 Å². The van der Waals surface area contributed by atoms with Crippen molar-refractivity contribution in [2.75, 3.05) is 6.61 Å². The lowest BCUT2D eigenvalue weighted by molar-refractivity contribution is 0.206. The quantitative estimate of drug-likeness (QED) is 0.884. The van der Waals surface area contributed by atoms with Crippen LogP contribution in [0.25, 0.3) is 11.3 Å². The molecule has 1 N–H and O–H groups in total. The van der Waals surface area contributed by atoms with Crippen molar-refractivity contribution in [3.05, 3.63) is 42.1 Å². The maximum Gasteiger partial charge on any atom is 0.123 e. The van der Waals surface area contributed by atoms with Crippen LogP contribution >= 0.6 is 0 Å². The Balaban J connectivity index is 1.99. The minimum Gasteiger partial charge on any atom is -0.394 e. The van der Waals surface area contributed by atoms with Crippen LogP contribution in [0.3, 0.4) is 0 Å². The van der Waals surface area contributed by atoms with Gasteiger partial charge in [-0.3, -0.25) is 0 Å². The van der Waals surface area contributed by atoms with E-state index in [1.807, 2.05) is 6.20 Å². The molecule has 0 saturated carbocycles. The largest absolute Gasteiger partial charge is 0.394 e. The molecule has 94 valence electrons. The first-order chi connectivity index (χ1) is 8.78. The van der Waals surface area contributed by atoms with Gasteiger partial charge in [-0.1, -0.05) is 0 Å². The van der Waals surface area contributed by atoms with Gasteiger partial charge in [0, 0.05) is 18.2 Å². The Morgan fingerprint density at radius 1 is 1.33 bits per heavy atom. The van der Waals surface area contributed by atoms with Crippen molar-refractivity contribution in [3.8, 4) is 11.3 Å². The zero-order valence-corrected chi connectivity index (χ0v) is 10.0. The molecule has 0 bridgehead atoms. The predicted molar refractivity (Wildman–Crippen MR) is 66.7 cm³/mol. The summed E-state index contributed by atoms with van der Waals surface area (Å²) in [4.78, 5) is 4.58. The second-order valence-corrected chi connectivity index (χ2v) is 4.69. The SMILES string of the molecule is OCC1CCCc2nc(-c3ccc(F)cc3)cn21. The van der Waals surface area contributed by atoms with Crippen LogP contribution in [-0.4, -0.2) is 21.3 Å². The Morgan fingerprint density at radius 3 is 2.83 bits per heavy atom. The number of aliphatic hydroxyl groups excluding tert-OH is 1. The molecular weight excluding hydrogens is 231 g/mol. The molecular formula is C14H15FN2O. The van der Waals surface area contributed by atoms with Gasteiger partial charge < -0.3 is 9.67 Å². The number of imidazole rings is 1. The number of nitrogens with zero attached hydrogens (tertiary/aromatic N) is 2. The number of aromatic nitrogens is 2. The van der Waals surface area contributed by atoms with Gasteiger partial charge in [0.2, 0.25) is 0 Å².